The summed E-state index contributed by atoms with van der Waals surface area (Å²) in [5.74, 6) is 1.11. The minimum atomic E-state index is -0.426. The van der Waals surface area contributed by atoms with Crippen LogP contribution in [-0.4, -0.2) is 23.7 Å². The highest BCUT2D eigenvalue weighted by atomic mass is 32.1. The molecular weight excluding hydrogens is 410 g/mol. The number of carbonyl (C=O) groups is 1. The number of nitrogens with one attached hydrogen (secondary N) is 3. The normalized spacial score (nSPS) is 15.9. The van der Waals surface area contributed by atoms with Gasteiger partial charge in [0.15, 0.2) is 16.6 Å². The van der Waals surface area contributed by atoms with E-state index in [-0.39, 0.29) is 12.0 Å². The van der Waals surface area contributed by atoms with E-state index in [2.05, 4.69) is 16.0 Å². The zero-order chi connectivity index (χ0) is 22.5. The number of benzene rings is 2. The lowest BCUT2D eigenvalue weighted by molar-refractivity contribution is -0.113. The average molecular weight is 440 g/mol. The Morgan fingerprint density at radius 3 is 2.58 bits per heavy atom. The number of allylic oxidation sites excluding steroid dienone is 1. The van der Waals surface area contributed by atoms with E-state index in [1.165, 1.54) is 0 Å². The molecule has 0 saturated heterocycles. The number of aryl methyl sites for hydroxylation is 1. The van der Waals surface area contributed by atoms with Gasteiger partial charge in [-0.15, -0.1) is 0 Å². The average Bonchev–Trinajstić information content (AvgIpc) is 2.70. The van der Waals surface area contributed by atoms with Gasteiger partial charge >= 0.3 is 0 Å². The number of carbonyl (C=O) groups excluding carboxylic acids is 1. The van der Waals surface area contributed by atoms with Crippen LogP contribution in [0.1, 0.15) is 44.9 Å². The Labute approximate surface area is 189 Å². The van der Waals surface area contributed by atoms with E-state index < -0.39 is 6.04 Å². The Kier molecular flexibility index (Phi) is 7.17. The molecule has 1 amide bonds. The number of anilines is 1. The Bertz CT molecular complexity index is 1020. The lowest BCUT2D eigenvalue weighted by Crippen LogP contribution is -2.45. The highest BCUT2D eigenvalue weighted by molar-refractivity contribution is 7.80. The van der Waals surface area contributed by atoms with Gasteiger partial charge in [-0.25, -0.2) is 0 Å². The molecule has 1 heterocycles. The van der Waals surface area contributed by atoms with Crippen LogP contribution in [0.3, 0.4) is 0 Å². The Morgan fingerprint density at radius 1 is 1.16 bits per heavy atom. The third-order valence-corrected chi connectivity index (χ3v) is 5.09. The molecule has 1 unspecified atom stereocenters. The molecular formula is C24H29N3O3S. The largest absolute Gasteiger partial charge is 0.490 e. The number of ether oxygens (including phenoxy) is 2. The summed E-state index contributed by atoms with van der Waals surface area (Å²) in [5, 5.41) is 9.79. The van der Waals surface area contributed by atoms with Crippen LogP contribution < -0.4 is 25.4 Å². The number of para-hydroxylation sites is 1. The number of amides is 1. The van der Waals surface area contributed by atoms with Gasteiger partial charge in [0, 0.05) is 11.4 Å². The maximum Gasteiger partial charge on any atom is 0.255 e. The molecule has 0 spiro atoms. The fourth-order valence-corrected chi connectivity index (χ4v) is 3.74. The minimum Gasteiger partial charge on any atom is -0.490 e. The smallest absolute Gasteiger partial charge is 0.255 e. The first-order chi connectivity index (χ1) is 14.8. The third-order valence-electron chi connectivity index (χ3n) is 4.87. The molecule has 3 rings (SSSR count). The molecule has 6 nitrogen and oxygen atoms in total. The SMILES string of the molecule is CCOc1cc(C2NC(=S)NC(C)=C2C(=O)Nc2ccccc2C)ccc1OC(C)C. The fourth-order valence-electron chi connectivity index (χ4n) is 3.47. The van der Waals surface area contributed by atoms with E-state index in [1.54, 1.807) is 0 Å². The van der Waals surface area contributed by atoms with Crippen LogP contribution in [0.5, 0.6) is 11.5 Å². The molecule has 1 atom stereocenters. The number of rotatable bonds is 7. The molecule has 0 saturated carbocycles. The fraction of sp³-hybridized carbons (Fsp3) is 0.333. The van der Waals surface area contributed by atoms with Crippen molar-refractivity contribution in [2.45, 2.75) is 46.8 Å². The van der Waals surface area contributed by atoms with Crippen molar-refractivity contribution in [3.05, 3.63) is 64.9 Å². The van der Waals surface area contributed by atoms with E-state index in [0.717, 1.165) is 16.8 Å². The van der Waals surface area contributed by atoms with Crippen LogP contribution in [0.2, 0.25) is 0 Å². The highest BCUT2D eigenvalue weighted by Gasteiger charge is 2.31. The van der Waals surface area contributed by atoms with Gasteiger partial charge in [-0.1, -0.05) is 24.3 Å². The van der Waals surface area contributed by atoms with Crippen LogP contribution in [-0.2, 0) is 4.79 Å². The molecule has 0 aliphatic carbocycles. The van der Waals surface area contributed by atoms with E-state index in [1.807, 2.05) is 77.1 Å². The predicted octanol–water partition coefficient (Wildman–Crippen LogP) is 4.61. The zero-order valence-electron chi connectivity index (χ0n) is 18.5. The second-order valence-corrected chi connectivity index (χ2v) is 8.05. The molecule has 0 radical (unpaired) electrons. The van der Waals surface area contributed by atoms with Crippen LogP contribution in [0, 0.1) is 6.92 Å². The van der Waals surface area contributed by atoms with Gasteiger partial charge in [-0.3, -0.25) is 4.79 Å². The molecule has 0 bridgehead atoms. The second-order valence-electron chi connectivity index (χ2n) is 7.64. The maximum atomic E-state index is 13.3. The van der Waals surface area contributed by atoms with Crippen LogP contribution in [0.15, 0.2) is 53.7 Å². The summed E-state index contributed by atoms with van der Waals surface area (Å²) in [6, 6.07) is 13.0. The van der Waals surface area contributed by atoms with Gasteiger partial charge in [0.2, 0.25) is 0 Å². The lowest BCUT2D eigenvalue weighted by Gasteiger charge is -2.31. The van der Waals surface area contributed by atoms with E-state index >= 15 is 0 Å². The Morgan fingerprint density at radius 2 is 1.90 bits per heavy atom. The zero-order valence-corrected chi connectivity index (χ0v) is 19.4. The van der Waals surface area contributed by atoms with E-state index in [0.29, 0.717) is 34.5 Å². The lowest BCUT2D eigenvalue weighted by atomic mass is 9.94. The van der Waals surface area contributed by atoms with Gasteiger partial charge in [0.25, 0.3) is 5.91 Å². The maximum absolute atomic E-state index is 13.3. The number of hydrogen-bond acceptors (Lipinski definition) is 4. The second kappa shape index (κ2) is 9.83. The predicted molar refractivity (Wildman–Crippen MR) is 127 cm³/mol. The van der Waals surface area contributed by atoms with Crippen molar-refractivity contribution in [2.75, 3.05) is 11.9 Å². The van der Waals surface area contributed by atoms with Crippen molar-refractivity contribution in [3.63, 3.8) is 0 Å². The summed E-state index contributed by atoms with van der Waals surface area (Å²) in [7, 11) is 0. The van der Waals surface area contributed by atoms with Crippen LogP contribution >= 0.6 is 12.2 Å². The van der Waals surface area contributed by atoms with Crippen molar-refractivity contribution in [1.29, 1.82) is 0 Å². The van der Waals surface area contributed by atoms with Gasteiger partial charge in [0.05, 0.1) is 24.3 Å². The van der Waals surface area contributed by atoms with Gasteiger partial charge in [-0.05, 0) is 76.2 Å². The van der Waals surface area contributed by atoms with Crippen molar-refractivity contribution in [1.82, 2.24) is 10.6 Å². The Hall–Kier alpha value is -3.06. The van der Waals surface area contributed by atoms with E-state index in [4.69, 9.17) is 21.7 Å². The first-order valence-corrected chi connectivity index (χ1v) is 10.8. The molecule has 1 aliphatic rings. The first kappa shape index (κ1) is 22.6. The topological polar surface area (TPSA) is 71.6 Å². The van der Waals surface area contributed by atoms with Crippen molar-refractivity contribution in [2.24, 2.45) is 0 Å². The van der Waals surface area contributed by atoms with Gasteiger partial charge < -0.3 is 25.4 Å². The molecule has 7 heteroatoms. The molecule has 0 aromatic heterocycles. The number of thiocarbonyl (C=S) groups is 1. The van der Waals surface area contributed by atoms with Crippen molar-refractivity contribution >= 4 is 28.9 Å². The summed E-state index contributed by atoms with van der Waals surface area (Å²) in [5.41, 5.74) is 3.90. The van der Waals surface area contributed by atoms with Crippen LogP contribution in [0.25, 0.3) is 0 Å². The molecule has 0 fully saturated rings. The third kappa shape index (κ3) is 5.35. The quantitative estimate of drug-likeness (QED) is 0.547. The highest BCUT2D eigenvalue weighted by Crippen LogP contribution is 2.35. The molecule has 1 aliphatic heterocycles. The minimum absolute atomic E-state index is 0.0206. The standard InChI is InChI=1S/C24H29N3O3S/c1-6-29-20-13-17(11-12-19(20)30-14(2)3)22-21(16(5)25-24(31)27-22)23(28)26-18-10-8-7-9-15(18)4/h7-14,22H,6H2,1-5H3,(H,26,28)(H2,25,27,31). The molecule has 2 aromatic rings. The molecule has 3 N–H and O–H groups in total. The van der Waals surface area contributed by atoms with E-state index in [9.17, 15) is 4.79 Å². The van der Waals surface area contributed by atoms with Crippen molar-refractivity contribution in [3.8, 4) is 11.5 Å². The Balaban J connectivity index is 1.98. The van der Waals surface area contributed by atoms with Gasteiger partial charge in [-0.2, -0.15) is 0 Å². The molecule has 2 aromatic carbocycles. The number of hydrogen-bond donors (Lipinski definition) is 3. The van der Waals surface area contributed by atoms with Crippen LogP contribution in [0.4, 0.5) is 5.69 Å². The molecule has 31 heavy (non-hydrogen) atoms. The summed E-state index contributed by atoms with van der Waals surface area (Å²) >= 11 is 5.37. The summed E-state index contributed by atoms with van der Waals surface area (Å²) in [6.45, 7) is 10.2. The van der Waals surface area contributed by atoms with Gasteiger partial charge in [0.1, 0.15) is 0 Å². The van der Waals surface area contributed by atoms with Crippen molar-refractivity contribution < 1.29 is 14.3 Å². The summed E-state index contributed by atoms with van der Waals surface area (Å²) < 4.78 is 11.7. The first-order valence-electron chi connectivity index (χ1n) is 10.4. The monoisotopic (exact) mass is 439 g/mol. The summed E-state index contributed by atoms with van der Waals surface area (Å²) in [4.78, 5) is 13.3. The summed E-state index contributed by atoms with van der Waals surface area (Å²) in [6.07, 6.45) is 0.0206. The molecule has 164 valence electrons.